The van der Waals surface area contributed by atoms with Crippen molar-refractivity contribution >= 4 is 6.21 Å². The molecule has 0 aromatic carbocycles. The van der Waals surface area contributed by atoms with Gasteiger partial charge in [0, 0.05) is 6.21 Å². The van der Waals surface area contributed by atoms with Gasteiger partial charge in [-0.3, -0.25) is 4.99 Å². The van der Waals surface area contributed by atoms with E-state index in [1.165, 1.54) is 6.42 Å². The lowest BCUT2D eigenvalue weighted by Crippen LogP contribution is -1.94. The molecule has 0 N–H and O–H groups in total. The molecule has 0 amide bonds. The van der Waals surface area contributed by atoms with Crippen molar-refractivity contribution in [2.75, 3.05) is 0 Å². The van der Waals surface area contributed by atoms with Gasteiger partial charge in [0.05, 0.1) is 6.04 Å². The molecule has 2 rings (SSSR count). The van der Waals surface area contributed by atoms with E-state index in [0.29, 0.717) is 6.04 Å². The van der Waals surface area contributed by atoms with Crippen molar-refractivity contribution < 1.29 is 0 Å². The summed E-state index contributed by atoms with van der Waals surface area (Å²) in [6, 6.07) is 0.657. The van der Waals surface area contributed by atoms with Crippen LogP contribution in [0.2, 0.25) is 0 Å². The SMILES string of the molecule is CC1N=CC2CC21. The van der Waals surface area contributed by atoms with Crippen LogP contribution >= 0.6 is 0 Å². The molecule has 1 aliphatic heterocycles. The van der Waals surface area contributed by atoms with E-state index in [1.807, 2.05) is 0 Å². The lowest BCUT2D eigenvalue weighted by atomic mass is 10.2. The molecule has 3 atom stereocenters. The number of hydrogen-bond acceptors (Lipinski definition) is 1. The Morgan fingerprint density at radius 2 is 2.57 bits per heavy atom. The standard InChI is InChI=1S/C6H9N/c1-4-6-2-5(6)3-7-4/h3-6H,2H2,1H3. The number of rotatable bonds is 0. The van der Waals surface area contributed by atoms with Crippen LogP contribution in [0.5, 0.6) is 0 Å². The van der Waals surface area contributed by atoms with Gasteiger partial charge in [-0.25, -0.2) is 0 Å². The van der Waals surface area contributed by atoms with Crippen molar-refractivity contribution in [2.24, 2.45) is 16.8 Å². The van der Waals surface area contributed by atoms with E-state index in [4.69, 9.17) is 0 Å². The molecule has 1 fully saturated rings. The lowest BCUT2D eigenvalue weighted by molar-refractivity contribution is 0.668. The Bertz CT molecular complexity index is 117. The highest BCUT2D eigenvalue weighted by atomic mass is 14.9. The van der Waals surface area contributed by atoms with Gasteiger partial charge in [0.15, 0.2) is 0 Å². The average molecular weight is 95.1 g/mol. The molecule has 1 heteroatoms. The maximum Gasteiger partial charge on any atom is 0.0502 e. The van der Waals surface area contributed by atoms with Crippen LogP contribution in [0.3, 0.4) is 0 Å². The molecule has 38 valence electrons. The molecule has 3 unspecified atom stereocenters. The van der Waals surface area contributed by atoms with E-state index in [2.05, 4.69) is 18.1 Å². The molecule has 0 saturated heterocycles. The van der Waals surface area contributed by atoms with E-state index in [0.717, 1.165) is 11.8 Å². The first-order valence-corrected chi connectivity index (χ1v) is 2.91. The van der Waals surface area contributed by atoms with Crippen molar-refractivity contribution in [3.8, 4) is 0 Å². The second-order valence-electron chi connectivity index (χ2n) is 2.60. The average Bonchev–Trinajstić information content (AvgIpc) is 2.33. The monoisotopic (exact) mass is 95.1 g/mol. The van der Waals surface area contributed by atoms with Crippen LogP contribution in [0.1, 0.15) is 13.3 Å². The van der Waals surface area contributed by atoms with Crippen LogP contribution in [0.15, 0.2) is 4.99 Å². The predicted octanol–water partition coefficient (Wildman–Crippen LogP) is 1.10. The molecular weight excluding hydrogens is 86.1 g/mol. The minimum atomic E-state index is 0.657. The maximum atomic E-state index is 4.24. The largest absolute Gasteiger partial charge is 0.294 e. The Kier molecular flexibility index (Phi) is 0.473. The Morgan fingerprint density at radius 1 is 1.71 bits per heavy atom. The van der Waals surface area contributed by atoms with Crippen LogP contribution < -0.4 is 0 Å². The van der Waals surface area contributed by atoms with Gasteiger partial charge >= 0.3 is 0 Å². The Hall–Kier alpha value is -0.330. The highest BCUT2D eigenvalue weighted by molar-refractivity contribution is 5.68. The number of fused-ring (bicyclic) bond motifs is 1. The van der Waals surface area contributed by atoms with E-state index in [-0.39, 0.29) is 0 Å². The topological polar surface area (TPSA) is 12.4 Å². The zero-order chi connectivity index (χ0) is 4.85. The van der Waals surface area contributed by atoms with Crippen molar-refractivity contribution in [1.82, 2.24) is 0 Å². The maximum absolute atomic E-state index is 4.24. The van der Waals surface area contributed by atoms with Crippen LogP contribution in [0.25, 0.3) is 0 Å². The molecule has 2 aliphatic rings. The quantitative estimate of drug-likeness (QED) is 0.427. The van der Waals surface area contributed by atoms with Gasteiger partial charge in [0.2, 0.25) is 0 Å². The van der Waals surface area contributed by atoms with E-state index >= 15 is 0 Å². The molecule has 1 aliphatic carbocycles. The molecule has 1 heterocycles. The Morgan fingerprint density at radius 3 is 2.71 bits per heavy atom. The fraction of sp³-hybridized carbons (Fsp3) is 0.833. The third kappa shape index (κ3) is 0.355. The van der Waals surface area contributed by atoms with Gasteiger partial charge in [0.25, 0.3) is 0 Å². The van der Waals surface area contributed by atoms with Crippen molar-refractivity contribution in [2.45, 2.75) is 19.4 Å². The fourth-order valence-corrected chi connectivity index (χ4v) is 1.32. The fourth-order valence-electron chi connectivity index (χ4n) is 1.32. The summed E-state index contributed by atoms with van der Waals surface area (Å²) in [5, 5.41) is 0. The van der Waals surface area contributed by atoms with E-state index < -0.39 is 0 Å². The minimum absolute atomic E-state index is 0.657. The Balaban J connectivity index is 2.22. The first-order valence-electron chi connectivity index (χ1n) is 2.91. The molecule has 1 nitrogen and oxygen atoms in total. The van der Waals surface area contributed by atoms with Gasteiger partial charge < -0.3 is 0 Å². The normalized spacial score (nSPS) is 54.7. The lowest BCUT2D eigenvalue weighted by Gasteiger charge is -1.93. The summed E-state index contributed by atoms with van der Waals surface area (Å²) in [4.78, 5) is 4.24. The smallest absolute Gasteiger partial charge is 0.0502 e. The summed E-state index contributed by atoms with van der Waals surface area (Å²) in [7, 11) is 0. The van der Waals surface area contributed by atoms with E-state index in [1.54, 1.807) is 0 Å². The molecule has 0 spiro atoms. The zero-order valence-corrected chi connectivity index (χ0v) is 4.46. The first-order chi connectivity index (χ1) is 3.38. The van der Waals surface area contributed by atoms with Crippen molar-refractivity contribution in [3.05, 3.63) is 0 Å². The van der Waals surface area contributed by atoms with Gasteiger partial charge in [-0.2, -0.15) is 0 Å². The van der Waals surface area contributed by atoms with Gasteiger partial charge in [-0.15, -0.1) is 0 Å². The van der Waals surface area contributed by atoms with Gasteiger partial charge in [-0.1, -0.05) is 0 Å². The summed E-state index contributed by atoms with van der Waals surface area (Å²) < 4.78 is 0. The zero-order valence-electron chi connectivity index (χ0n) is 4.46. The molecular formula is C6H9N. The highest BCUT2D eigenvalue weighted by Crippen LogP contribution is 2.44. The summed E-state index contributed by atoms with van der Waals surface area (Å²) >= 11 is 0. The first kappa shape index (κ1) is 3.65. The second-order valence-corrected chi connectivity index (χ2v) is 2.60. The third-order valence-corrected chi connectivity index (χ3v) is 2.02. The molecule has 0 aromatic rings. The molecule has 0 radical (unpaired) electrons. The van der Waals surface area contributed by atoms with Gasteiger partial charge in [0.1, 0.15) is 0 Å². The Labute approximate surface area is 43.4 Å². The number of nitrogens with zero attached hydrogens (tertiary/aromatic N) is 1. The number of aliphatic imine (C=N–C) groups is 1. The number of hydrogen-bond donors (Lipinski definition) is 0. The second kappa shape index (κ2) is 0.908. The molecule has 1 saturated carbocycles. The summed E-state index contributed by atoms with van der Waals surface area (Å²) in [5.74, 6) is 1.86. The molecule has 0 bridgehead atoms. The van der Waals surface area contributed by atoms with Crippen LogP contribution in [-0.2, 0) is 0 Å². The predicted molar refractivity (Wildman–Crippen MR) is 29.6 cm³/mol. The van der Waals surface area contributed by atoms with Crippen molar-refractivity contribution in [3.63, 3.8) is 0 Å². The van der Waals surface area contributed by atoms with Crippen LogP contribution in [0.4, 0.5) is 0 Å². The summed E-state index contributed by atoms with van der Waals surface area (Å²) in [6.45, 7) is 2.20. The third-order valence-electron chi connectivity index (χ3n) is 2.02. The van der Waals surface area contributed by atoms with Crippen LogP contribution in [0, 0.1) is 11.8 Å². The minimum Gasteiger partial charge on any atom is -0.294 e. The highest BCUT2D eigenvalue weighted by Gasteiger charge is 2.43. The van der Waals surface area contributed by atoms with Crippen LogP contribution in [-0.4, -0.2) is 12.3 Å². The van der Waals surface area contributed by atoms with Crippen molar-refractivity contribution in [1.29, 1.82) is 0 Å². The van der Waals surface area contributed by atoms with Gasteiger partial charge in [-0.05, 0) is 25.2 Å². The molecule has 0 aromatic heterocycles. The summed E-state index contributed by atoms with van der Waals surface area (Å²) in [5.41, 5.74) is 0. The van der Waals surface area contributed by atoms with E-state index in [9.17, 15) is 0 Å². The summed E-state index contributed by atoms with van der Waals surface area (Å²) in [6.07, 6.45) is 3.54. The molecule has 7 heavy (non-hydrogen) atoms.